The van der Waals surface area contributed by atoms with Crippen LogP contribution in [0, 0.1) is 6.92 Å². The molecular formula is C13H20N2O4S. The van der Waals surface area contributed by atoms with Crippen molar-refractivity contribution in [3.8, 4) is 0 Å². The summed E-state index contributed by atoms with van der Waals surface area (Å²) in [5, 5.41) is 5.74. The second kappa shape index (κ2) is 7.37. The zero-order valence-corrected chi connectivity index (χ0v) is 12.4. The molecule has 112 valence electrons. The predicted molar refractivity (Wildman–Crippen MR) is 76.1 cm³/mol. The van der Waals surface area contributed by atoms with E-state index in [2.05, 4.69) is 10.6 Å². The minimum absolute atomic E-state index is 0.0666. The van der Waals surface area contributed by atoms with E-state index < -0.39 is 10.1 Å². The summed E-state index contributed by atoms with van der Waals surface area (Å²) in [6.45, 7) is 2.91. The number of carbonyl (C=O) groups is 1. The molecule has 0 bridgehead atoms. The molecule has 1 heterocycles. The molecule has 0 saturated carbocycles. The molecule has 0 spiro atoms. The topological polar surface area (TPSA) is 95.5 Å². The zero-order valence-electron chi connectivity index (χ0n) is 11.6. The maximum absolute atomic E-state index is 10.7. The highest BCUT2D eigenvalue weighted by Gasteiger charge is 2.18. The van der Waals surface area contributed by atoms with E-state index in [1.54, 1.807) is 19.2 Å². The summed E-state index contributed by atoms with van der Waals surface area (Å²) in [5.74, 6) is 0.132. The molecule has 1 aliphatic heterocycles. The molecule has 1 atom stereocenters. The summed E-state index contributed by atoms with van der Waals surface area (Å²) in [7, 11) is -2.35. The number of carbonyl (C=O) groups excluding carboxylic acids is 1. The van der Waals surface area contributed by atoms with Crippen LogP contribution >= 0.6 is 0 Å². The van der Waals surface area contributed by atoms with Gasteiger partial charge in [0.2, 0.25) is 5.91 Å². The van der Waals surface area contributed by atoms with E-state index >= 15 is 0 Å². The van der Waals surface area contributed by atoms with Crippen LogP contribution in [0.25, 0.3) is 0 Å². The minimum atomic E-state index is -4.02. The Morgan fingerprint density at radius 2 is 1.95 bits per heavy atom. The first-order chi connectivity index (χ1) is 9.32. The Morgan fingerprint density at radius 1 is 1.40 bits per heavy atom. The fraction of sp³-hybridized carbons (Fsp3) is 0.462. The highest BCUT2D eigenvalue weighted by molar-refractivity contribution is 7.85. The summed E-state index contributed by atoms with van der Waals surface area (Å²) < 4.78 is 29.6. The quantitative estimate of drug-likeness (QED) is 0.715. The van der Waals surface area contributed by atoms with Crippen LogP contribution < -0.4 is 10.6 Å². The van der Waals surface area contributed by atoms with Crippen molar-refractivity contribution in [3.05, 3.63) is 29.8 Å². The van der Waals surface area contributed by atoms with Gasteiger partial charge in [-0.05, 0) is 32.0 Å². The molecular weight excluding hydrogens is 280 g/mol. The molecule has 1 fully saturated rings. The van der Waals surface area contributed by atoms with E-state index in [1.807, 2.05) is 6.92 Å². The molecule has 6 nitrogen and oxygen atoms in total. The Morgan fingerprint density at radius 3 is 2.30 bits per heavy atom. The van der Waals surface area contributed by atoms with Crippen LogP contribution in [-0.2, 0) is 14.9 Å². The lowest BCUT2D eigenvalue weighted by atomic mass is 10.0. The third kappa shape index (κ3) is 5.68. The zero-order chi connectivity index (χ0) is 15.2. The Hall–Kier alpha value is -1.44. The van der Waals surface area contributed by atoms with Gasteiger partial charge in [0.1, 0.15) is 0 Å². The maximum Gasteiger partial charge on any atom is 0.294 e. The van der Waals surface area contributed by atoms with Crippen LogP contribution in [0.2, 0.25) is 0 Å². The third-order valence-electron chi connectivity index (χ3n) is 2.96. The van der Waals surface area contributed by atoms with E-state index in [9.17, 15) is 13.2 Å². The summed E-state index contributed by atoms with van der Waals surface area (Å²) in [6.07, 6.45) is 1.78. The van der Waals surface area contributed by atoms with Crippen molar-refractivity contribution in [1.29, 1.82) is 0 Å². The second-order valence-electron chi connectivity index (χ2n) is 4.61. The Bertz CT molecular complexity index is 536. The summed E-state index contributed by atoms with van der Waals surface area (Å²) >= 11 is 0. The molecule has 1 unspecified atom stereocenters. The number of hydrogen-bond donors (Lipinski definition) is 3. The van der Waals surface area contributed by atoms with Gasteiger partial charge in [-0.3, -0.25) is 9.35 Å². The highest BCUT2D eigenvalue weighted by Crippen LogP contribution is 2.08. The predicted octanol–water partition coefficient (Wildman–Crippen LogP) is 0.726. The molecule has 1 saturated heterocycles. The number of rotatable bonds is 3. The van der Waals surface area contributed by atoms with Gasteiger partial charge in [0.15, 0.2) is 0 Å². The van der Waals surface area contributed by atoms with E-state index in [1.165, 1.54) is 12.1 Å². The van der Waals surface area contributed by atoms with Gasteiger partial charge in [0.25, 0.3) is 10.1 Å². The average Bonchev–Trinajstić information content (AvgIpc) is 2.33. The van der Waals surface area contributed by atoms with Gasteiger partial charge in [-0.2, -0.15) is 8.42 Å². The number of nitrogens with one attached hydrogen (secondary N) is 2. The van der Waals surface area contributed by atoms with Crippen molar-refractivity contribution in [2.24, 2.45) is 0 Å². The van der Waals surface area contributed by atoms with Crippen LogP contribution in [0.5, 0.6) is 0 Å². The molecule has 0 aromatic heterocycles. The van der Waals surface area contributed by atoms with Gasteiger partial charge in [0, 0.05) is 19.5 Å². The van der Waals surface area contributed by atoms with Crippen LogP contribution in [-0.4, -0.2) is 38.5 Å². The molecule has 0 radical (unpaired) electrons. The Balaban J connectivity index is 0.000000204. The second-order valence-corrected chi connectivity index (χ2v) is 6.03. The lowest BCUT2D eigenvalue weighted by molar-refractivity contribution is -0.121. The largest absolute Gasteiger partial charge is 0.359 e. The van der Waals surface area contributed by atoms with Gasteiger partial charge >= 0.3 is 0 Å². The number of aryl methyl sites for hydroxylation is 1. The highest BCUT2D eigenvalue weighted by atomic mass is 32.2. The number of hydrogen-bond acceptors (Lipinski definition) is 4. The normalized spacial score (nSPS) is 17.4. The van der Waals surface area contributed by atoms with E-state index in [0.29, 0.717) is 12.5 Å². The summed E-state index contributed by atoms with van der Waals surface area (Å²) in [6, 6.07) is 6.44. The summed E-state index contributed by atoms with van der Waals surface area (Å²) in [5.41, 5.74) is 0.956. The molecule has 1 amide bonds. The van der Waals surface area contributed by atoms with Crippen LogP contribution in [0.15, 0.2) is 29.2 Å². The molecule has 1 aromatic rings. The van der Waals surface area contributed by atoms with Crippen molar-refractivity contribution < 1.29 is 17.8 Å². The van der Waals surface area contributed by atoms with Crippen molar-refractivity contribution in [1.82, 2.24) is 10.6 Å². The lowest BCUT2D eigenvalue weighted by Crippen LogP contribution is -2.45. The smallest absolute Gasteiger partial charge is 0.294 e. The molecule has 0 aliphatic carbocycles. The molecule has 1 aromatic carbocycles. The first-order valence-corrected chi connectivity index (χ1v) is 7.75. The fourth-order valence-corrected chi connectivity index (χ4v) is 2.04. The fourth-order valence-electron chi connectivity index (χ4n) is 1.56. The van der Waals surface area contributed by atoms with E-state index in [0.717, 1.165) is 18.5 Å². The minimum Gasteiger partial charge on any atom is -0.359 e. The Kier molecular flexibility index (Phi) is 6.12. The lowest BCUT2D eigenvalue weighted by Gasteiger charge is -2.26. The van der Waals surface area contributed by atoms with Gasteiger partial charge in [-0.1, -0.05) is 17.7 Å². The molecule has 7 heteroatoms. The van der Waals surface area contributed by atoms with Crippen molar-refractivity contribution in [2.45, 2.75) is 30.7 Å². The monoisotopic (exact) mass is 300 g/mol. The third-order valence-corrected chi connectivity index (χ3v) is 3.82. The molecule has 3 N–H and O–H groups in total. The first-order valence-electron chi connectivity index (χ1n) is 6.31. The van der Waals surface area contributed by atoms with Crippen molar-refractivity contribution in [2.75, 3.05) is 13.6 Å². The number of benzene rings is 1. The van der Waals surface area contributed by atoms with Gasteiger partial charge in [-0.15, -0.1) is 0 Å². The summed E-state index contributed by atoms with van der Waals surface area (Å²) in [4.78, 5) is 10.6. The first kappa shape index (κ1) is 16.6. The van der Waals surface area contributed by atoms with Gasteiger partial charge in [-0.25, -0.2) is 0 Å². The average molecular weight is 300 g/mol. The van der Waals surface area contributed by atoms with Gasteiger partial charge in [0.05, 0.1) is 4.90 Å². The van der Waals surface area contributed by atoms with Crippen molar-refractivity contribution >= 4 is 16.0 Å². The maximum atomic E-state index is 10.7. The van der Waals surface area contributed by atoms with E-state index in [4.69, 9.17) is 4.55 Å². The molecule has 1 aliphatic rings. The van der Waals surface area contributed by atoms with E-state index in [-0.39, 0.29) is 10.8 Å². The molecule has 20 heavy (non-hydrogen) atoms. The Labute approximate surface area is 119 Å². The van der Waals surface area contributed by atoms with Crippen LogP contribution in [0.3, 0.4) is 0 Å². The standard InChI is InChI=1S/C7H8O3S.C6H12N2O/c1-6-2-4-7(5-3-6)11(8,9)10;1-7-6(9)4-5-2-3-8-5/h2-5H,1H3,(H,8,9,10);5,8H,2-4H2,1H3,(H,7,9). The number of amides is 1. The van der Waals surface area contributed by atoms with Crippen molar-refractivity contribution in [3.63, 3.8) is 0 Å². The molecule has 2 rings (SSSR count). The van der Waals surface area contributed by atoms with Crippen LogP contribution in [0.1, 0.15) is 18.4 Å². The van der Waals surface area contributed by atoms with Gasteiger partial charge < -0.3 is 10.6 Å². The van der Waals surface area contributed by atoms with Crippen LogP contribution in [0.4, 0.5) is 0 Å². The SMILES string of the molecule is CNC(=O)CC1CCN1.Cc1ccc(S(=O)(=O)O)cc1.